The Kier molecular flexibility index (Phi) is 3.66. The Labute approximate surface area is 138 Å². The van der Waals surface area contributed by atoms with Crippen LogP contribution in [0.15, 0.2) is 88.5 Å². The molecule has 23 heavy (non-hydrogen) atoms. The Morgan fingerprint density at radius 3 is 2.52 bits per heavy atom. The van der Waals surface area contributed by atoms with Gasteiger partial charge in [-0.3, -0.25) is 0 Å². The zero-order valence-electron chi connectivity index (χ0n) is 12.3. The van der Waals surface area contributed by atoms with E-state index in [1.807, 2.05) is 54.0 Å². The van der Waals surface area contributed by atoms with Crippen LogP contribution in [-0.2, 0) is 0 Å². The van der Waals surface area contributed by atoms with Gasteiger partial charge < -0.3 is 0 Å². The molecule has 4 rings (SSSR count). The van der Waals surface area contributed by atoms with Crippen molar-refractivity contribution in [2.45, 2.75) is 0 Å². The first-order valence-electron chi connectivity index (χ1n) is 7.29. The molecule has 0 bridgehead atoms. The first-order valence-corrected chi connectivity index (χ1v) is 8.17. The largest absolute Gasteiger partial charge is 0.245 e. The predicted molar refractivity (Wildman–Crippen MR) is 95.7 cm³/mol. The number of hydrogen-bond donors (Lipinski definition) is 0. The average Bonchev–Trinajstić information content (AvgIpc) is 3.09. The number of thiazole rings is 1. The van der Waals surface area contributed by atoms with Crippen LogP contribution in [-0.4, -0.2) is 4.98 Å². The van der Waals surface area contributed by atoms with Gasteiger partial charge in [-0.25, -0.2) is 4.98 Å². The Hall–Kier alpha value is -2.85. The standard InChI is InChI=1S/C19H13N3S/c1-2-6-15(7-3-1)21-22-17-9-5-4-8-16(17)14-10-11-19-18(12-14)20-13-23-19/h1-13H. The number of benzene rings is 3. The van der Waals surface area contributed by atoms with Gasteiger partial charge in [0.25, 0.3) is 0 Å². The van der Waals surface area contributed by atoms with Crippen LogP contribution in [0.25, 0.3) is 21.3 Å². The molecule has 0 fully saturated rings. The summed E-state index contributed by atoms with van der Waals surface area (Å²) in [5.74, 6) is 0. The molecule has 0 atom stereocenters. The van der Waals surface area contributed by atoms with Gasteiger partial charge in [-0.05, 0) is 35.9 Å². The lowest BCUT2D eigenvalue weighted by Crippen LogP contribution is -1.79. The van der Waals surface area contributed by atoms with Gasteiger partial charge in [0.05, 0.1) is 27.1 Å². The van der Waals surface area contributed by atoms with E-state index in [1.54, 1.807) is 11.3 Å². The maximum absolute atomic E-state index is 4.43. The Balaban J connectivity index is 1.76. The highest BCUT2D eigenvalue weighted by molar-refractivity contribution is 7.16. The maximum atomic E-state index is 4.43. The molecule has 0 N–H and O–H groups in total. The van der Waals surface area contributed by atoms with Crippen LogP contribution >= 0.6 is 11.3 Å². The van der Waals surface area contributed by atoms with E-state index in [1.165, 1.54) is 4.70 Å². The molecule has 3 aromatic carbocycles. The quantitative estimate of drug-likeness (QED) is 0.404. The van der Waals surface area contributed by atoms with Crippen LogP contribution in [0.3, 0.4) is 0 Å². The lowest BCUT2D eigenvalue weighted by atomic mass is 10.0. The Bertz CT molecular complexity index is 974. The van der Waals surface area contributed by atoms with E-state index < -0.39 is 0 Å². The normalized spacial score (nSPS) is 11.3. The SMILES string of the molecule is c1ccc(N=Nc2ccccc2-c2ccc3scnc3c2)cc1. The number of fused-ring (bicyclic) bond motifs is 1. The molecule has 0 spiro atoms. The van der Waals surface area contributed by atoms with Gasteiger partial charge in [0.1, 0.15) is 0 Å². The second-order valence-electron chi connectivity index (χ2n) is 5.09. The third-order valence-corrected chi connectivity index (χ3v) is 4.38. The third-order valence-electron chi connectivity index (χ3n) is 3.57. The van der Waals surface area contributed by atoms with Crippen molar-refractivity contribution in [2.24, 2.45) is 10.2 Å². The predicted octanol–water partition coefficient (Wildman–Crippen LogP) is 6.38. The molecule has 0 amide bonds. The lowest BCUT2D eigenvalue weighted by molar-refractivity contribution is 1.23. The first kappa shape index (κ1) is 13.8. The summed E-state index contributed by atoms with van der Waals surface area (Å²) in [6.07, 6.45) is 0. The van der Waals surface area contributed by atoms with Crippen molar-refractivity contribution in [1.29, 1.82) is 0 Å². The second-order valence-corrected chi connectivity index (χ2v) is 5.97. The van der Waals surface area contributed by atoms with E-state index in [4.69, 9.17) is 0 Å². The summed E-state index contributed by atoms with van der Waals surface area (Å²) in [5, 5.41) is 8.75. The molecule has 0 saturated heterocycles. The zero-order chi connectivity index (χ0) is 15.5. The zero-order valence-corrected chi connectivity index (χ0v) is 13.1. The van der Waals surface area contributed by atoms with Gasteiger partial charge in [0.15, 0.2) is 0 Å². The smallest absolute Gasteiger partial charge is 0.0935 e. The summed E-state index contributed by atoms with van der Waals surface area (Å²) < 4.78 is 1.19. The van der Waals surface area contributed by atoms with Crippen molar-refractivity contribution in [3.63, 3.8) is 0 Å². The van der Waals surface area contributed by atoms with Crippen LogP contribution in [0.4, 0.5) is 11.4 Å². The third kappa shape index (κ3) is 2.89. The fraction of sp³-hybridized carbons (Fsp3) is 0. The van der Waals surface area contributed by atoms with Crippen molar-refractivity contribution >= 4 is 32.9 Å². The summed E-state index contributed by atoms with van der Waals surface area (Å²) in [7, 11) is 0. The van der Waals surface area contributed by atoms with Crippen LogP contribution in [0.2, 0.25) is 0 Å². The minimum atomic E-state index is 0.845. The average molecular weight is 315 g/mol. The van der Waals surface area contributed by atoms with Crippen molar-refractivity contribution in [3.8, 4) is 11.1 Å². The summed E-state index contributed by atoms with van der Waals surface area (Å²) in [6, 6.07) is 24.1. The summed E-state index contributed by atoms with van der Waals surface area (Å²) in [5.41, 5.74) is 6.74. The highest BCUT2D eigenvalue weighted by Gasteiger charge is 2.06. The van der Waals surface area contributed by atoms with Gasteiger partial charge in [-0.2, -0.15) is 5.11 Å². The molecule has 110 valence electrons. The molecule has 4 heteroatoms. The molecule has 0 aliphatic heterocycles. The van der Waals surface area contributed by atoms with Crippen LogP contribution in [0.1, 0.15) is 0 Å². The lowest BCUT2D eigenvalue weighted by Gasteiger charge is -2.05. The first-order chi connectivity index (χ1) is 11.4. The molecule has 0 aliphatic carbocycles. The van der Waals surface area contributed by atoms with Crippen molar-refractivity contribution in [3.05, 3.63) is 78.3 Å². The number of azo groups is 1. The topological polar surface area (TPSA) is 37.6 Å². The second kappa shape index (κ2) is 6.10. The van der Waals surface area contributed by atoms with E-state index in [9.17, 15) is 0 Å². The van der Waals surface area contributed by atoms with Crippen molar-refractivity contribution < 1.29 is 0 Å². The fourth-order valence-electron chi connectivity index (χ4n) is 2.44. The van der Waals surface area contributed by atoms with Gasteiger partial charge >= 0.3 is 0 Å². The number of rotatable bonds is 3. The summed E-state index contributed by atoms with van der Waals surface area (Å²) in [4.78, 5) is 4.39. The molecule has 4 aromatic rings. The van der Waals surface area contributed by atoms with Crippen molar-refractivity contribution in [1.82, 2.24) is 4.98 Å². The van der Waals surface area contributed by atoms with Gasteiger partial charge in [0, 0.05) is 5.56 Å². The minimum absolute atomic E-state index is 0.845. The van der Waals surface area contributed by atoms with Crippen LogP contribution < -0.4 is 0 Å². The summed E-state index contributed by atoms with van der Waals surface area (Å²) in [6.45, 7) is 0. The van der Waals surface area contributed by atoms with Crippen LogP contribution in [0, 0.1) is 0 Å². The van der Waals surface area contributed by atoms with E-state index in [0.717, 1.165) is 28.0 Å². The number of hydrogen-bond acceptors (Lipinski definition) is 4. The van der Waals surface area contributed by atoms with Crippen molar-refractivity contribution in [2.75, 3.05) is 0 Å². The maximum Gasteiger partial charge on any atom is 0.0935 e. The molecule has 0 saturated carbocycles. The van der Waals surface area contributed by atoms with Gasteiger partial charge in [-0.15, -0.1) is 16.5 Å². The number of aromatic nitrogens is 1. The molecular formula is C19H13N3S. The molecule has 1 heterocycles. The fourth-order valence-corrected chi connectivity index (χ4v) is 3.10. The van der Waals surface area contributed by atoms with E-state index in [2.05, 4.69) is 39.5 Å². The molecule has 0 radical (unpaired) electrons. The summed E-state index contributed by atoms with van der Waals surface area (Å²) >= 11 is 1.65. The minimum Gasteiger partial charge on any atom is -0.245 e. The van der Waals surface area contributed by atoms with E-state index >= 15 is 0 Å². The molecule has 0 aliphatic rings. The Morgan fingerprint density at radius 2 is 1.61 bits per heavy atom. The van der Waals surface area contributed by atoms with Gasteiger partial charge in [-0.1, -0.05) is 42.5 Å². The van der Waals surface area contributed by atoms with E-state index in [0.29, 0.717) is 0 Å². The van der Waals surface area contributed by atoms with Crippen LogP contribution in [0.5, 0.6) is 0 Å². The van der Waals surface area contributed by atoms with Gasteiger partial charge in [0.2, 0.25) is 0 Å². The monoisotopic (exact) mass is 315 g/mol. The highest BCUT2D eigenvalue weighted by Crippen LogP contribution is 2.33. The van der Waals surface area contributed by atoms with E-state index in [-0.39, 0.29) is 0 Å². The molecule has 1 aromatic heterocycles. The number of nitrogens with zero attached hydrogens (tertiary/aromatic N) is 3. The Morgan fingerprint density at radius 1 is 0.783 bits per heavy atom. The highest BCUT2D eigenvalue weighted by atomic mass is 32.1. The molecule has 0 unspecified atom stereocenters. The molecular weight excluding hydrogens is 302 g/mol. The molecule has 3 nitrogen and oxygen atoms in total.